The highest BCUT2D eigenvalue weighted by molar-refractivity contribution is 6.04. The van der Waals surface area contributed by atoms with Gasteiger partial charge < -0.3 is 19.5 Å². The van der Waals surface area contributed by atoms with E-state index in [0.29, 0.717) is 46.0 Å². The molecule has 0 bridgehead atoms. The molecule has 0 saturated carbocycles. The Bertz CT molecular complexity index is 1340. The Morgan fingerprint density at radius 1 is 1.08 bits per heavy atom. The van der Waals surface area contributed by atoms with Crippen LogP contribution in [0.25, 0.3) is 0 Å². The molecule has 2 aromatic rings. The lowest BCUT2D eigenvalue weighted by Crippen LogP contribution is -2.36. The first-order valence-corrected chi connectivity index (χ1v) is 12.5. The topological polar surface area (TPSA) is 117 Å². The Morgan fingerprint density at radius 3 is 2.47 bits per heavy atom. The van der Waals surface area contributed by atoms with Gasteiger partial charge >= 0.3 is 5.97 Å². The van der Waals surface area contributed by atoms with Crippen molar-refractivity contribution in [1.29, 1.82) is 0 Å². The summed E-state index contributed by atoms with van der Waals surface area (Å²) < 4.78 is 16.4. The monoisotopic (exact) mass is 520 g/mol. The molecular weight excluding hydrogens is 488 g/mol. The van der Waals surface area contributed by atoms with E-state index < -0.39 is 16.8 Å². The van der Waals surface area contributed by atoms with Gasteiger partial charge in [0, 0.05) is 41.4 Å². The number of ether oxygens (including phenoxy) is 3. The molecule has 0 unspecified atom stereocenters. The number of nitro benzene ring substituents is 1. The molecule has 38 heavy (non-hydrogen) atoms. The molecule has 2 atom stereocenters. The second-order valence-corrected chi connectivity index (χ2v) is 9.98. The second-order valence-electron chi connectivity index (χ2n) is 9.98. The van der Waals surface area contributed by atoms with Crippen molar-refractivity contribution in [2.45, 2.75) is 45.4 Å². The van der Waals surface area contributed by atoms with Crippen molar-refractivity contribution in [2.75, 3.05) is 20.8 Å². The molecule has 1 heterocycles. The minimum absolute atomic E-state index is 0.109. The fraction of sp³-hybridized carbons (Fsp3) is 0.379. The van der Waals surface area contributed by atoms with Crippen molar-refractivity contribution < 1.29 is 28.7 Å². The van der Waals surface area contributed by atoms with Gasteiger partial charge in [-0.25, -0.2) is 4.79 Å². The molecule has 0 aromatic heterocycles. The molecule has 200 valence electrons. The predicted molar refractivity (Wildman–Crippen MR) is 141 cm³/mol. The van der Waals surface area contributed by atoms with E-state index in [1.165, 1.54) is 12.1 Å². The molecule has 0 saturated heterocycles. The van der Waals surface area contributed by atoms with E-state index in [1.807, 2.05) is 32.0 Å². The van der Waals surface area contributed by atoms with Crippen LogP contribution >= 0.6 is 0 Å². The van der Waals surface area contributed by atoms with Gasteiger partial charge in [-0.15, -0.1) is 0 Å². The van der Waals surface area contributed by atoms with Crippen molar-refractivity contribution in [3.8, 4) is 11.5 Å². The van der Waals surface area contributed by atoms with Gasteiger partial charge in [0.15, 0.2) is 17.3 Å². The third-order valence-corrected chi connectivity index (χ3v) is 6.89. The highest BCUT2D eigenvalue weighted by atomic mass is 16.6. The number of hydrogen-bond donors (Lipinski definition) is 1. The van der Waals surface area contributed by atoms with E-state index in [0.717, 1.165) is 5.56 Å². The van der Waals surface area contributed by atoms with Crippen molar-refractivity contribution in [3.63, 3.8) is 0 Å². The molecule has 1 aliphatic carbocycles. The molecule has 2 aromatic carbocycles. The highest BCUT2D eigenvalue weighted by Crippen LogP contribution is 2.47. The van der Waals surface area contributed by atoms with Gasteiger partial charge in [-0.3, -0.25) is 14.9 Å². The average molecular weight is 521 g/mol. The number of rotatable bonds is 8. The van der Waals surface area contributed by atoms with Crippen molar-refractivity contribution in [3.05, 3.63) is 86.2 Å². The number of non-ortho nitro benzene ring substituents is 1. The number of nitro groups is 1. The highest BCUT2D eigenvalue weighted by Gasteiger charge is 2.42. The lowest BCUT2D eigenvalue weighted by molar-refractivity contribution is -0.384. The summed E-state index contributed by atoms with van der Waals surface area (Å²) in [6.07, 6.45) is 0.739. The quantitative estimate of drug-likeness (QED) is 0.288. The zero-order valence-corrected chi connectivity index (χ0v) is 22.2. The lowest BCUT2D eigenvalue weighted by Gasteiger charge is -2.36. The number of hydrogen-bond acceptors (Lipinski definition) is 8. The van der Waals surface area contributed by atoms with E-state index in [9.17, 15) is 19.7 Å². The number of Topliss-reactive ketones (excluding diaryl/α,β-unsaturated/α-hetero) is 1. The largest absolute Gasteiger partial charge is 0.493 e. The summed E-state index contributed by atoms with van der Waals surface area (Å²) in [7, 11) is 3.13. The number of nitrogens with one attached hydrogen (secondary N) is 1. The van der Waals surface area contributed by atoms with Gasteiger partial charge in [-0.2, -0.15) is 0 Å². The molecule has 1 N–H and O–H groups in total. The van der Waals surface area contributed by atoms with E-state index >= 15 is 0 Å². The number of esters is 1. The number of nitrogens with zero attached hydrogens (tertiary/aromatic N) is 1. The lowest BCUT2D eigenvalue weighted by atomic mass is 9.71. The zero-order valence-electron chi connectivity index (χ0n) is 22.2. The van der Waals surface area contributed by atoms with E-state index in [4.69, 9.17) is 14.2 Å². The SMILES string of the molecule is COc1ccc([C@H]2CC(=O)C3=C(C2)NC(C)=C(C(=O)OCC(C)C)[C@@H]3c2cccc([N+](=O)[O-])c2)cc1OC. The number of carbonyl (C=O) groups excluding carboxylic acids is 2. The van der Waals surface area contributed by atoms with Gasteiger partial charge in [0.05, 0.1) is 31.3 Å². The molecule has 0 amide bonds. The molecule has 0 spiro atoms. The van der Waals surface area contributed by atoms with Crippen LogP contribution in [0, 0.1) is 16.0 Å². The number of carbonyl (C=O) groups is 2. The van der Waals surface area contributed by atoms with E-state index in [-0.39, 0.29) is 36.3 Å². The Morgan fingerprint density at radius 2 is 1.82 bits per heavy atom. The summed E-state index contributed by atoms with van der Waals surface area (Å²) in [5.74, 6) is -0.261. The van der Waals surface area contributed by atoms with Crippen LogP contribution in [-0.4, -0.2) is 37.5 Å². The third kappa shape index (κ3) is 5.27. The van der Waals surface area contributed by atoms with E-state index in [2.05, 4.69) is 5.32 Å². The van der Waals surface area contributed by atoms with Crippen LogP contribution in [0.15, 0.2) is 65.0 Å². The van der Waals surface area contributed by atoms with Crippen LogP contribution in [0.2, 0.25) is 0 Å². The average Bonchev–Trinajstić information content (AvgIpc) is 2.90. The molecule has 4 rings (SSSR count). The van der Waals surface area contributed by atoms with Crippen LogP contribution in [0.1, 0.15) is 56.6 Å². The summed E-state index contributed by atoms with van der Waals surface area (Å²) in [5.41, 5.74) is 3.33. The number of allylic oxidation sites excluding steroid dienone is 3. The fourth-order valence-electron chi connectivity index (χ4n) is 5.12. The Balaban J connectivity index is 1.78. The van der Waals surface area contributed by atoms with Crippen LogP contribution in [0.3, 0.4) is 0 Å². The maximum Gasteiger partial charge on any atom is 0.336 e. The normalized spacial score (nSPS) is 19.2. The Kier molecular flexibility index (Phi) is 7.85. The number of dihydropyridines is 1. The first-order chi connectivity index (χ1) is 18.1. The van der Waals surface area contributed by atoms with Crippen LogP contribution < -0.4 is 14.8 Å². The smallest absolute Gasteiger partial charge is 0.336 e. The van der Waals surface area contributed by atoms with Gasteiger partial charge in [0.2, 0.25) is 0 Å². The minimum Gasteiger partial charge on any atom is -0.493 e. The standard InChI is InChI=1S/C29H32N2O7/c1-16(2)15-38-29(33)26-17(3)30-22-12-20(18-9-10-24(36-4)25(14-18)37-5)13-23(32)28(22)27(26)19-7-6-8-21(11-19)31(34)35/h6-11,14,16,20,27,30H,12-13,15H2,1-5H3/t20-,27+/m1/s1. The first-order valence-electron chi connectivity index (χ1n) is 12.5. The Labute approximate surface area is 221 Å². The number of methoxy groups -OCH3 is 2. The van der Waals surface area contributed by atoms with Crippen molar-refractivity contribution >= 4 is 17.4 Å². The van der Waals surface area contributed by atoms with Crippen molar-refractivity contribution in [1.82, 2.24) is 5.32 Å². The molecular formula is C29H32N2O7. The van der Waals surface area contributed by atoms with Crippen LogP contribution in [0.5, 0.6) is 11.5 Å². The molecule has 0 radical (unpaired) electrons. The summed E-state index contributed by atoms with van der Waals surface area (Å²) in [5, 5.41) is 14.8. The van der Waals surface area contributed by atoms with Crippen molar-refractivity contribution in [2.24, 2.45) is 5.92 Å². The van der Waals surface area contributed by atoms with Gasteiger partial charge in [0.25, 0.3) is 5.69 Å². The summed E-state index contributed by atoms with van der Waals surface area (Å²) >= 11 is 0. The van der Waals surface area contributed by atoms with Crippen LogP contribution in [0.4, 0.5) is 5.69 Å². The number of ketones is 1. The maximum absolute atomic E-state index is 13.8. The molecule has 1 aliphatic heterocycles. The molecule has 9 nitrogen and oxygen atoms in total. The number of benzene rings is 2. The predicted octanol–water partition coefficient (Wildman–Crippen LogP) is 5.17. The molecule has 2 aliphatic rings. The maximum atomic E-state index is 13.8. The van der Waals surface area contributed by atoms with Crippen LogP contribution in [-0.2, 0) is 14.3 Å². The first kappa shape index (κ1) is 26.9. The summed E-state index contributed by atoms with van der Waals surface area (Å²) in [6, 6.07) is 11.7. The summed E-state index contributed by atoms with van der Waals surface area (Å²) in [6.45, 7) is 5.86. The Hall–Kier alpha value is -4.14. The summed E-state index contributed by atoms with van der Waals surface area (Å²) in [4.78, 5) is 38.1. The third-order valence-electron chi connectivity index (χ3n) is 6.89. The minimum atomic E-state index is -0.773. The fourth-order valence-corrected chi connectivity index (χ4v) is 5.12. The van der Waals surface area contributed by atoms with Gasteiger partial charge in [-0.1, -0.05) is 32.0 Å². The van der Waals surface area contributed by atoms with Gasteiger partial charge in [-0.05, 0) is 48.4 Å². The second kappa shape index (κ2) is 11.1. The zero-order chi connectivity index (χ0) is 27.6. The molecule has 9 heteroatoms. The molecule has 0 fully saturated rings. The van der Waals surface area contributed by atoms with Gasteiger partial charge in [0.1, 0.15) is 0 Å². The van der Waals surface area contributed by atoms with E-state index in [1.54, 1.807) is 33.3 Å².